The lowest BCUT2D eigenvalue weighted by Gasteiger charge is -2.19. The molecular weight excluding hydrogens is 456 g/mol. The summed E-state index contributed by atoms with van der Waals surface area (Å²) in [6, 6.07) is 51.6. The molecule has 178 valence electrons. The summed E-state index contributed by atoms with van der Waals surface area (Å²) in [5.41, 5.74) is 17.7. The number of rotatable bonds is 3. The summed E-state index contributed by atoms with van der Waals surface area (Å²) < 4.78 is 0. The van der Waals surface area contributed by atoms with Gasteiger partial charge in [-0.3, -0.25) is 0 Å². The van der Waals surface area contributed by atoms with Crippen LogP contribution >= 0.6 is 0 Å². The maximum Gasteiger partial charge on any atom is 0.0352 e. The van der Waals surface area contributed by atoms with Crippen LogP contribution in [0.25, 0.3) is 44.5 Å². The molecule has 2 aliphatic rings. The molecule has 0 N–H and O–H groups in total. The first kappa shape index (κ1) is 21.4. The van der Waals surface area contributed by atoms with Gasteiger partial charge in [0, 0.05) is 5.92 Å². The normalized spacial score (nSPS) is 14.5. The molecule has 1 unspecified atom stereocenters. The summed E-state index contributed by atoms with van der Waals surface area (Å²) in [7, 11) is 0. The fourth-order valence-electron chi connectivity index (χ4n) is 6.61. The Balaban J connectivity index is 1.38. The van der Waals surface area contributed by atoms with E-state index in [9.17, 15) is 0 Å². The van der Waals surface area contributed by atoms with Gasteiger partial charge in [0.1, 0.15) is 0 Å². The van der Waals surface area contributed by atoms with Crippen LogP contribution < -0.4 is 0 Å². The highest BCUT2D eigenvalue weighted by atomic mass is 14.4. The van der Waals surface area contributed by atoms with Crippen LogP contribution in [0.2, 0.25) is 0 Å². The fourth-order valence-corrected chi connectivity index (χ4v) is 6.61. The zero-order valence-corrected chi connectivity index (χ0v) is 21.1. The smallest absolute Gasteiger partial charge is 0.0352 e. The van der Waals surface area contributed by atoms with Crippen molar-refractivity contribution in [3.05, 3.63) is 167 Å². The van der Waals surface area contributed by atoms with E-state index in [4.69, 9.17) is 0 Å². The maximum atomic E-state index is 2.50. The van der Waals surface area contributed by atoms with Crippen molar-refractivity contribution >= 4 is 0 Å². The highest BCUT2D eigenvalue weighted by molar-refractivity contribution is 5.88. The van der Waals surface area contributed by atoms with Crippen LogP contribution in [0.5, 0.6) is 0 Å². The van der Waals surface area contributed by atoms with Gasteiger partial charge < -0.3 is 0 Å². The standard InChI is InChI=1S/C38H26/c1-3-11-25(12-4-1)28-20-29(26-13-5-2-6-14-26)22-31(21-28)38-34-18-10-9-17-33(34)36-23-30-19-27-15-7-8-16-32(27)35(30)24-37(36)38/h1-18,20-24,38H,19H2. The maximum absolute atomic E-state index is 2.50. The number of benzene rings is 6. The van der Waals surface area contributed by atoms with E-state index >= 15 is 0 Å². The van der Waals surface area contributed by atoms with Crippen molar-refractivity contribution in [1.82, 2.24) is 0 Å². The number of hydrogen-bond donors (Lipinski definition) is 0. The van der Waals surface area contributed by atoms with E-state index in [1.165, 1.54) is 72.3 Å². The molecule has 38 heavy (non-hydrogen) atoms. The van der Waals surface area contributed by atoms with Crippen LogP contribution in [0.15, 0.2) is 140 Å². The molecule has 0 aromatic heterocycles. The summed E-state index contributed by atoms with van der Waals surface area (Å²) in [6.45, 7) is 0. The molecule has 1 atom stereocenters. The van der Waals surface area contributed by atoms with Crippen molar-refractivity contribution in [2.75, 3.05) is 0 Å². The molecule has 8 rings (SSSR count). The molecule has 0 spiro atoms. The van der Waals surface area contributed by atoms with Crippen LogP contribution in [-0.4, -0.2) is 0 Å². The molecule has 6 aromatic rings. The van der Waals surface area contributed by atoms with Crippen molar-refractivity contribution in [2.45, 2.75) is 12.3 Å². The van der Waals surface area contributed by atoms with E-state index in [1.807, 2.05) is 0 Å². The van der Waals surface area contributed by atoms with Gasteiger partial charge in [0.05, 0.1) is 0 Å². The molecule has 0 radical (unpaired) electrons. The summed E-state index contributed by atoms with van der Waals surface area (Å²) in [5.74, 6) is 0.199. The van der Waals surface area contributed by atoms with E-state index in [0.29, 0.717) is 0 Å². The number of hydrogen-bond acceptors (Lipinski definition) is 0. The molecule has 0 saturated heterocycles. The molecule has 0 aliphatic heterocycles. The van der Waals surface area contributed by atoms with Crippen LogP contribution in [0, 0.1) is 0 Å². The zero-order chi connectivity index (χ0) is 25.1. The lowest BCUT2D eigenvalue weighted by atomic mass is 9.84. The van der Waals surface area contributed by atoms with Gasteiger partial charge in [-0.05, 0) is 96.9 Å². The Labute approximate surface area is 223 Å². The SMILES string of the molecule is c1ccc(-c2cc(-c3ccccc3)cc(C3c4ccccc4-c4cc5c(cc43)-c3ccccc3C5)c2)cc1. The first-order valence-corrected chi connectivity index (χ1v) is 13.4. The third-order valence-electron chi connectivity index (χ3n) is 8.34. The van der Waals surface area contributed by atoms with Crippen molar-refractivity contribution in [1.29, 1.82) is 0 Å². The molecule has 0 amide bonds. The van der Waals surface area contributed by atoms with Gasteiger partial charge in [-0.25, -0.2) is 0 Å². The molecule has 0 nitrogen and oxygen atoms in total. The molecule has 6 aromatic carbocycles. The lowest BCUT2D eigenvalue weighted by Crippen LogP contribution is -2.01. The minimum absolute atomic E-state index is 0.199. The molecule has 0 saturated carbocycles. The third kappa shape index (κ3) is 3.31. The van der Waals surface area contributed by atoms with Gasteiger partial charge in [0.25, 0.3) is 0 Å². The Morgan fingerprint density at radius 3 is 1.68 bits per heavy atom. The molecular formula is C38H26. The predicted molar refractivity (Wildman–Crippen MR) is 158 cm³/mol. The summed E-state index contributed by atoms with van der Waals surface area (Å²) in [6.07, 6.45) is 1.02. The topological polar surface area (TPSA) is 0 Å². The first-order valence-electron chi connectivity index (χ1n) is 13.4. The van der Waals surface area contributed by atoms with Crippen molar-refractivity contribution in [2.24, 2.45) is 0 Å². The third-order valence-corrected chi connectivity index (χ3v) is 8.34. The summed E-state index contributed by atoms with van der Waals surface area (Å²) >= 11 is 0. The van der Waals surface area contributed by atoms with E-state index in [1.54, 1.807) is 0 Å². The Morgan fingerprint density at radius 1 is 0.368 bits per heavy atom. The van der Waals surface area contributed by atoms with E-state index in [-0.39, 0.29) is 5.92 Å². The molecule has 2 aliphatic carbocycles. The number of fused-ring (bicyclic) bond motifs is 6. The quantitative estimate of drug-likeness (QED) is 0.235. The Kier molecular flexibility index (Phi) is 4.75. The van der Waals surface area contributed by atoms with Crippen LogP contribution in [0.4, 0.5) is 0 Å². The lowest BCUT2D eigenvalue weighted by molar-refractivity contribution is 1.02. The van der Waals surface area contributed by atoms with Crippen LogP contribution in [0.1, 0.15) is 33.7 Å². The highest BCUT2D eigenvalue weighted by Crippen LogP contribution is 2.52. The van der Waals surface area contributed by atoms with Gasteiger partial charge in [-0.15, -0.1) is 0 Å². The van der Waals surface area contributed by atoms with Crippen molar-refractivity contribution < 1.29 is 0 Å². The molecule has 0 fully saturated rings. The Hall–Kier alpha value is -4.68. The second-order valence-electron chi connectivity index (χ2n) is 10.5. The van der Waals surface area contributed by atoms with Gasteiger partial charge in [-0.2, -0.15) is 0 Å². The van der Waals surface area contributed by atoms with Crippen molar-refractivity contribution in [3.8, 4) is 44.5 Å². The van der Waals surface area contributed by atoms with Crippen LogP contribution in [0.3, 0.4) is 0 Å². The van der Waals surface area contributed by atoms with Gasteiger partial charge >= 0.3 is 0 Å². The molecule has 0 heteroatoms. The fraction of sp³-hybridized carbons (Fsp3) is 0.0526. The average molecular weight is 483 g/mol. The second kappa shape index (κ2) is 8.43. The monoisotopic (exact) mass is 482 g/mol. The summed E-state index contributed by atoms with van der Waals surface area (Å²) in [4.78, 5) is 0. The molecule has 0 heterocycles. The average Bonchev–Trinajstić information content (AvgIpc) is 3.51. The second-order valence-corrected chi connectivity index (χ2v) is 10.5. The largest absolute Gasteiger partial charge is 0.0622 e. The highest BCUT2D eigenvalue weighted by Gasteiger charge is 2.33. The molecule has 0 bridgehead atoms. The zero-order valence-electron chi connectivity index (χ0n) is 21.1. The van der Waals surface area contributed by atoms with Crippen molar-refractivity contribution in [3.63, 3.8) is 0 Å². The predicted octanol–water partition coefficient (Wildman–Crippen LogP) is 9.75. The Bertz CT molecular complexity index is 1770. The van der Waals surface area contributed by atoms with Crippen LogP contribution in [-0.2, 0) is 6.42 Å². The van der Waals surface area contributed by atoms with E-state index in [0.717, 1.165) is 6.42 Å². The Morgan fingerprint density at radius 2 is 0.974 bits per heavy atom. The minimum Gasteiger partial charge on any atom is -0.0622 e. The van der Waals surface area contributed by atoms with Gasteiger partial charge in [0.15, 0.2) is 0 Å². The van der Waals surface area contributed by atoms with E-state index in [2.05, 4.69) is 140 Å². The minimum atomic E-state index is 0.199. The van der Waals surface area contributed by atoms with Gasteiger partial charge in [-0.1, -0.05) is 121 Å². The van der Waals surface area contributed by atoms with E-state index < -0.39 is 0 Å². The first-order chi connectivity index (χ1) is 18.8. The summed E-state index contributed by atoms with van der Waals surface area (Å²) in [5, 5.41) is 0. The van der Waals surface area contributed by atoms with Gasteiger partial charge in [0.2, 0.25) is 0 Å².